The van der Waals surface area contributed by atoms with Crippen molar-refractivity contribution in [2.45, 2.75) is 19.9 Å². The Morgan fingerprint density at radius 1 is 1.27 bits per heavy atom. The van der Waals surface area contributed by atoms with Gasteiger partial charge in [-0.15, -0.1) is 0 Å². The van der Waals surface area contributed by atoms with E-state index in [1.165, 1.54) is 7.11 Å². The molecular weight excluding hydrogens is 372 g/mol. The summed E-state index contributed by atoms with van der Waals surface area (Å²) in [6, 6.07) is 12.6. The van der Waals surface area contributed by atoms with Crippen molar-refractivity contribution in [3.63, 3.8) is 0 Å². The Morgan fingerprint density at radius 2 is 2.00 bits per heavy atom. The number of carbonyl (C=O) groups is 1. The van der Waals surface area contributed by atoms with Gasteiger partial charge in [0.05, 0.1) is 29.4 Å². The van der Waals surface area contributed by atoms with Crippen molar-refractivity contribution in [1.82, 2.24) is 5.32 Å². The first kappa shape index (κ1) is 20.0. The van der Waals surface area contributed by atoms with Gasteiger partial charge in [0.15, 0.2) is 5.11 Å². The zero-order valence-electron chi connectivity index (χ0n) is 14.8. The van der Waals surface area contributed by atoms with Crippen LogP contribution in [0.15, 0.2) is 42.5 Å². The van der Waals surface area contributed by atoms with Crippen LogP contribution in [0.1, 0.15) is 22.8 Å². The van der Waals surface area contributed by atoms with Gasteiger partial charge < -0.3 is 20.1 Å². The number of methoxy groups -OCH3 is 1. The zero-order valence-corrected chi connectivity index (χ0v) is 16.4. The van der Waals surface area contributed by atoms with Crippen LogP contribution in [-0.2, 0) is 4.74 Å². The molecule has 2 aromatic carbocycles. The lowest BCUT2D eigenvalue weighted by molar-refractivity contribution is 0.0601. The molecule has 0 aliphatic heterocycles. The molecule has 5 nitrogen and oxygen atoms in total. The maximum absolute atomic E-state index is 11.6. The predicted molar refractivity (Wildman–Crippen MR) is 108 cm³/mol. The van der Waals surface area contributed by atoms with Crippen molar-refractivity contribution >= 4 is 40.6 Å². The topological polar surface area (TPSA) is 59.6 Å². The number of benzene rings is 2. The zero-order chi connectivity index (χ0) is 19.1. The van der Waals surface area contributed by atoms with E-state index in [-0.39, 0.29) is 6.04 Å². The van der Waals surface area contributed by atoms with Gasteiger partial charge in [-0.1, -0.05) is 29.8 Å². The molecule has 138 valence electrons. The summed E-state index contributed by atoms with van der Waals surface area (Å²) in [5, 5.41) is 6.96. The maximum Gasteiger partial charge on any atom is 0.337 e. The highest BCUT2D eigenvalue weighted by atomic mass is 35.5. The highest BCUT2D eigenvalue weighted by molar-refractivity contribution is 7.80. The summed E-state index contributed by atoms with van der Waals surface area (Å²) in [6.07, 6.45) is 0. The molecule has 0 aromatic heterocycles. The summed E-state index contributed by atoms with van der Waals surface area (Å²) in [5.41, 5.74) is 1.99. The molecule has 0 aliphatic carbocycles. The molecular formula is C19H21ClN2O3S. The van der Waals surface area contributed by atoms with E-state index in [1.807, 2.05) is 38.1 Å². The molecule has 7 heteroatoms. The second-order valence-electron chi connectivity index (χ2n) is 5.76. The third kappa shape index (κ3) is 5.61. The minimum atomic E-state index is -0.441. The Hall–Kier alpha value is -2.31. The first-order chi connectivity index (χ1) is 12.4. The fraction of sp³-hybridized carbons (Fsp3) is 0.263. The van der Waals surface area contributed by atoms with E-state index in [0.29, 0.717) is 28.0 Å². The fourth-order valence-electron chi connectivity index (χ4n) is 2.22. The standard InChI is InChI=1S/C19H21ClN2O3S/c1-12-6-4-5-7-17(12)25-11-13(2)21-19(26)22-16-10-14(18(23)24-3)8-9-15(16)20/h4-10,13H,11H2,1-3H3,(H2,21,22,26)/t13-/m1/s1. The minimum absolute atomic E-state index is 0.0304. The Morgan fingerprint density at radius 3 is 2.69 bits per heavy atom. The quantitative estimate of drug-likeness (QED) is 0.567. The minimum Gasteiger partial charge on any atom is -0.491 e. The monoisotopic (exact) mass is 392 g/mol. The summed E-state index contributed by atoms with van der Waals surface area (Å²) < 4.78 is 10.5. The van der Waals surface area contributed by atoms with Crippen molar-refractivity contribution in [1.29, 1.82) is 0 Å². The number of halogens is 1. The van der Waals surface area contributed by atoms with Crippen LogP contribution < -0.4 is 15.4 Å². The van der Waals surface area contributed by atoms with Gasteiger partial charge >= 0.3 is 5.97 Å². The first-order valence-electron chi connectivity index (χ1n) is 8.04. The Bertz CT molecular complexity index is 798. The molecule has 0 fully saturated rings. The van der Waals surface area contributed by atoms with E-state index in [9.17, 15) is 4.79 Å². The van der Waals surface area contributed by atoms with E-state index in [2.05, 4.69) is 10.6 Å². The van der Waals surface area contributed by atoms with Gasteiger partial charge in [-0.05, 0) is 55.9 Å². The molecule has 26 heavy (non-hydrogen) atoms. The van der Waals surface area contributed by atoms with Crippen LogP contribution in [0, 0.1) is 6.92 Å². The highest BCUT2D eigenvalue weighted by Crippen LogP contribution is 2.23. The summed E-state index contributed by atoms with van der Waals surface area (Å²) in [5.74, 6) is 0.400. The van der Waals surface area contributed by atoms with Crippen LogP contribution in [0.2, 0.25) is 5.02 Å². The molecule has 0 saturated carbocycles. The van der Waals surface area contributed by atoms with Gasteiger partial charge in [0.25, 0.3) is 0 Å². The molecule has 2 rings (SSSR count). The van der Waals surface area contributed by atoms with Crippen LogP contribution in [0.4, 0.5) is 5.69 Å². The number of carbonyl (C=O) groups excluding carboxylic acids is 1. The Balaban J connectivity index is 1.91. The van der Waals surface area contributed by atoms with Gasteiger partial charge in [-0.3, -0.25) is 0 Å². The van der Waals surface area contributed by atoms with E-state index >= 15 is 0 Å². The third-order valence-corrected chi connectivity index (χ3v) is 4.15. The largest absolute Gasteiger partial charge is 0.491 e. The lowest BCUT2D eigenvalue weighted by Crippen LogP contribution is -2.39. The second-order valence-corrected chi connectivity index (χ2v) is 6.58. The molecule has 0 saturated heterocycles. The average Bonchev–Trinajstić information content (AvgIpc) is 2.62. The van der Waals surface area contributed by atoms with Gasteiger partial charge in [0.2, 0.25) is 0 Å². The number of para-hydroxylation sites is 1. The molecule has 2 N–H and O–H groups in total. The third-order valence-electron chi connectivity index (χ3n) is 3.60. The van der Waals surface area contributed by atoms with Gasteiger partial charge in [-0.2, -0.15) is 0 Å². The fourth-order valence-corrected chi connectivity index (χ4v) is 2.70. The van der Waals surface area contributed by atoms with Crippen LogP contribution in [0.25, 0.3) is 0 Å². The van der Waals surface area contributed by atoms with Crippen molar-refractivity contribution in [2.75, 3.05) is 19.0 Å². The van der Waals surface area contributed by atoms with Gasteiger partial charge in [0.1, 0.15) is 12.4 Å². The number of hydrogen-bond donors (Lipinski definition) is 2. The molecule has 0 radical (unpaired) electrons. The highest BCUT2D eigenvalue weighted by Gasteiger charge is 2.11. The van der Waals surface area contributed by atoms with Gasteiger partial charge in [0, 0.05) is 0 Å². The molecule has 0 amide bonds. The van der Waals surface area contributed by atoms with Crippen molar-refractivity contribution in [2.24, 2.45) is 0 Å². The number of anilines is 1. The summed E-state index contributed by atoms with van der Waals surface area (Å²) >= 11 is 11.5. The molecule has 1 atom stereocenters. The van der Waals surface area contributed by atoms with Crippen LogP contribution >= 0.6 is 23.8 Å². The Kier molecular flexibility index (Phi) is 7.24. The lowest BCUT2D eigenvalue weighted by Gasteiger charge is -2.19. The van der Waals surface area contributed by atoms with E-state index in [0.717, 1.165) is 11.3 Å². The maximum atomic E-state index is 11.6. The lowest BCUT2D eigenvalue weighted by atomic mass is 10.2. The summed E-state index contributed by atoms with van der Waals surface area (Å²) in [4.78, 5) is 11.6. The van der Waals surface area contributed by atoms with Crippen LogP contribution in [0.5, 0.6) is 5.75 Å². The molecule has 0 unspecified atom stereocenters. The first-order valence-corrected chi connectivity index (χ1v) is 8.83. The normalized spacial score (nSPS) is 11.4. The summed E-state index contributed by atoms with van der Waals surface area (Å²) in [7, 11) is 1.33. The van der Waals surface area contributed by atoms with E-state index in [4.69, 9.17) is 33.3 Å². The van der Waals surface area contributed by atoms with Crippen molar-refractivity contribution in [3.05, 3.63) is 58.6 Å². The number of thiocarbonyl (C=S) groups is 1. The Labute approximate surface area is 163 Å². The molecule has 0 bridgehead atoms. The number of nitrogens with one attached hydrogen (secondary N) is 2. The second kappa shape index (κ2) is 9.40. The molecule has 0 spiro atoms. The number of aryl methyl sites for hydroxylation is 1. The number of ether oxygens (including phenoxy) is 2. The molecule has 2 aromatic rings. The predicted octanol–water partition coefficient (Wildman–Crippen LogP) is 4.19. The number of esters is 1. The summed E-state index contributed by atoms with van der Waals surface area (Å²) in [6.45, 7) is 4.40. The number of hydrogen-bond acceptors (Lipinski definition) is 4. The van der Waals surface area contributed by atoms with E-state index < -0.39 is 5.97 Å². The van der Waals surface area contributed by atoms with Gasteiger partial charge in [-0.25, -0.2) is 4.79 Å². The van der Waals surface area contributed by atoms with Crippen LogP contribution in [0.3, 0.4) is 0 Å². The van der Waals surface area contributed by atoms with E-state index in [1.54, 1.807) is 18.2 Å². The number of rotatable bonds is 6. The van der Waals surface area contributed by atoms with Crippen LogP contribution in [-0.4, -0.2) is 30.8 Å². The van der Waals surface area contributed by atoms with Crippen molar-refractivity contribution < 1.29 is 14.3 Å². The van der Waals surface area contributed by atoms with Crippen molar-refractivity contribution in [3.8, 4) is 5.75 Å². The SMILES string of the molecule is COC(=O)c1ccc(Cl)c(NC(=S)N[C@H](C)COc2ccccc2C)c1. The molecule has 0 heterocycles. The average molecular weight is 393 g/mol. The smallest absolute Gasteiger partial charge is 0.337 e. The molecule has 0 aliphatic rings.